The van der Waals surface area contributed by atoms with Crippen LogP contribution in [0.1, 0.15) is 16.8 Å². The van der Waals surface area contributed by atoms with Crippen LogP contribution in [0, 0.1) is 20.8 Å². The van der Waals surface area contributed by atoms with Gasteiger partial charge in [-0.3, -0.25) is 4.79 Å². The SMILES string of the molecule is Cc1cc(C)cc(-n2nc(C)cc2NC(=O)CSc2ccccc2)c1. The van der Waals surface area contributed by atoms with Crippen LogP contribution in [-0.2, 0) is 4.79 Å². The number of nitrogens with zero attached hydrogens (tertiary/aromatic N) is 2. The predicted molar refractivity (Wildman–Crippen MR) is 104 cm³/mol. The zero-order valence-corrected chi connectivity index (χ0v) is 15.4. The molecule has 0 fully saturated rings. The number of nitrogens with one attached hydrogen (secondary N) is 1. The van der Waals surface area contributed by atoms with E-state index in [1.807, 2.05) is 43.3 Å². The van der Waals surface area contributed by atoms with Crippen molar-refractivity contribution in [2.24, 2.45) is 0 Å². The molecule has 5 heteroatoms. The molecule has 4 nitrogen and oxygen atoms in total. The highest BCUT2D eigenvalue weighted by Gasteiger charge is 2.12. The Bertz CT molecular complexity index is 867. The Hall–Kier alpha value is -2.53. The maximum atomic E-state index is 12.3. The highest BCUT2D eigenvalue weighted by molar-refractivity contribution is 8.00. The number of amides is 1. The number of aromatic nitrogens is 2. The lowest BCUT2D eigenvalue weighted by Crippen LogP contribution is -2.17. The van der Waals surface area contributed by atoms with E-state index in [0.29, 0.717) is 11.6 Å². The molecule has 0 radical (unpaired) electrons. The van der Waals surface area contributed by atoms with Gasteiger partial charge in [0.1, 0.15) is 5.82 Å². The standard InChI is InChI=1S/C20H21N3OS/c1-14-9-15(2)11-17(10-14)23-19(12-16(3)22-23)21-20(24)13-25-18-7-5-4-6-8-18/h4-12H,13H2,1-3H3,(H,21,24). The van der Waals surface area contributed by atoms with Gasteiger partial charge in [0.15, 0.2) is 0 Å². The van der Waals surface area contributed by atoms with Crippen molar-refractivity contribution in [3.05, 3.63) is 71.4 Å². The van der Waals surface area contributed by atoms with E-state index in [-0.39, 0.29) is 5.91 Å². The van der Waals surface area contributed by atoms with E-state index in [1.54, 1.807) is 4.68 Å². The number of benzene rings is 2. The van der Waals surface area contributed by atoms with Crippen molar-refractivity contribution in [1.29, 1.82) is 0 Å². The van der Waals surface area contributed by atoms with E-state index in [2.05, 4.69) is 42.5 Å². The third-order valence-electron chi connectivity index (χ3n) is 3.66. The van der Waals surface area contributed by atoms with Crippen molar-refractivity contribution in [2.75, 3.05) is 11.1 Å². The van der Waals surface area contributed by atoms with Crippen molar-refractivity contribution in [3.63, 3.8) is 0 Å². The van der Waals surface area contributed by atoms with Gasteiger partial charge in [-0.05, 0) is 56.2 Å². The lowest BCUT2D eigenvalue weighted by molar-refractivity contribution is -0.113. The van der Waals surface area contributed by atoms with E-state index >= 15 is 0 Å². The summed E-state index contributed by atoms with van der Waals surface area (Å²) >= 11 is 1.52. The zero-order valence-electron chi connectivity index (χ0n) is 14.6. The molecule has 0 aliphatic carbocycles. The number of hydrogen-bond donors (Lipinski definition) is 1. The number of carbonyl (C=O) groups excluding carboxylic acids is 1. The lowest BCUT2D eigenvalue weighted by Gasteiger charge is -2.10. The van der Waals surface area contributed by atoms with Crippen LogP contribution >= 0.6 is 11.8 Å². The molecule has 3 aromatic rings. The Morgan fingerprint density at radius 1 is 1.04 bits per heavy atom. The van der Waals surface area contributed by atoms with Gasteiger partial charge >= 0.3 is 0 Å². The minimum atomic E-state index is -0.0422. The van der Waals surface area contributed by atoms with Gasteiger partial charge in [-0.2, -0.15) is 5.10 Å². The molecule has 0 unspecified atom stereocenters. The molecule has 2 aromatic carbocycles. The zero-order chi connectivity index (χ0) is 17.8. The van der Waals surface area contributed by atoms with Gasteiger partial charge in [0.25, 0.3) is 0 Å². The second-order valence-electron chi connectivity index (χ2n) is 6.08. The average Bonchev–Trinajstić information content (AvgIpc) is 2.93. The van der Waals surface area contributed by atoms with Crippen LogP contribution in [0.5, 0.6) is 0 Å². The van der Waals surface area contributed by atoms with Gasteiger partial charge in [-0.1, -0.05) is 24.3 Å². The molecule has 0 bridgehead atoms. The number of hydrogen-bond acceptors (Lipinski definition) is 3. The van der Waals surface area contributed by atoms with Gasteiger partial charge < -0.3 is 5.32 Å². The first-order valence-corrected chi connectivity index (χ1v) is 9.13. The Morgan fingerprint density at radius 3 is 2.40 bits per heavy atom. The van der Waals surface area contributed by atoms with E-state index in [0.717, 1.165) is 16.3 Å². The van der Waals surface area contributed by atoms with Crippen molar-refractivity contribution in [3.8, 4) is 5.69 Å². The van der Waals surface area contributed by atoms with Crippen molar-refractivity contribution in [2.45, 2.75) is 25.7 Å². The third-order valence-corrected chi connectivity index (χ3v) is 4.68. The van der Waals surface area contributed by atoms with Gasteiger partial charge in [0.05, 0.1) is 17.1 Å². The largest absolute Gasteiger partial charge is 0.310 e. The molecule has 25 heavy (non-hydrogen) atoms. The quantitative estimate of drug-likeness (QED) is 0.687. The molecule has 1 amide bonds. The van der Waals surface area contributed by atoms with Crippen molar-refractivity contribution in [1.82, 2.24) is 9.78 Å². The van der Waals surface area contributed by atoms with Crippen LogP contribution in [0.4, 0.5) is 5.82 Å². The lowest BCUT2D eigenvalue weighted by atomic mass is 10.1. The van der Waals surface area contributed by atoms with Crippen molar-refractivity contribution < 1.29 is 4.79 Å². The molecule has 0 spiro atoms. The van der Waals surface area contributed by atoms with Crippen LogP contribution in [-0.4, -0.2) is 21.4 Å². The summed E-state index contributed by atoms with van der Waals surface area (Å²) in [5, 5.41) is 7.51. The summed E-state index contributed by atoms with van der Waals surface area (Å²) in [5.41, 5.74) is 4.15. The number of aryl methyl sites for hydroxylation is 3. The highest BCUT2D eigenvalue weighted by atomic mass is 32.2. The van der Waals surface area contributed by atoms with Gasteiger partial charge in [0.2, 0.25) is 5.91 Å². The fourth-order valence-corrected chi connectivity index (χ4v) is 3.42. The molecule has 0 saturated heterocycles. The Kier molecular flexibility index (Phi) is 5.24. The minimum Gasteiger partial charge on any atom is -0.310 e. The van der Waals surface area contributed by atoms with Crippen LogP contribution in [0.25, 0.3) is 5.69 Å². The normalized spacial score (nSPS) is 10.7. The average molecular weight is 351 g/mol. The summed E-state index contributed by atoms with van der Waals surface area (Å²) in [6, 6.07) is 18.1. The van der Waals surface area contributed by atoms with Crippen LogP contribution < -0.4 is 5.32 Å². The van der Waals surface area contributed by atoms with Crippen LogP contribution in [0.15, 0.2) is 59.5 Å². The first-order valence-electron chi connectivity index (χ1n) is 8.14. The van der Waals surface area contributed by atoms with Gasteiger partial charge in [-0.15, -0.1) is 11.8 Å². The number of thioether (sulfide) groups is 1. The van der Waals surface area contributed by atoms with Gasteiger partial charge in [0, 0.05) is 11.0 Å². The molecule has 1 heterocycles. The Morgan fingerprint density at radius 2 is 1.72 bits per heavy atom. The third kappa shape index (κ3) is 4.51. The van der Waals surface area contributed by atoms with Crippen LogP contribution in [0.2, 0.25) is 0 Å². The summed E-state index contributed by atoms with van der Waals surface area (Å²) in [6.45, 7) is 6.04. The highest BCUT2D eigenvalue weighted by Crippen LogP contribution is 2.21. The fraction of sp³-hybridized carbons (Fsp3) is 0.200. The molecule has 128 valence electrons. The monoisotopic (exact) mass is 351 g/mol. The Labute approximate surface area is 152 Å². The van der Waals surface area contributed by atoms with Crippen LogP contribution in [0.3, 0.4) is 0 Å². The maximum absolute atomic E-state index is 12.3. The second kappa shape index (κ2) is 7.57. The molecule has 1 N–H and O–H groups in total. The van der Waals surface area contributed by atoms with E-state index in [9.17, 15) is 4.79 Å². The molecule has 0 aliphatic heterocycles. The molecular weight excluding hydrogens is 330 g/mol. The summed E-state index contributed by atoms with van der Waals surface area (Å²) in [4.78, 5) is 13.4. The first-order chi connectivity index (χ1) is 12.0. The molecular formula is C20H21N3OS. The molecule has 0 saturated carbocycles. The van der Waals surface area contributed by atoms with Crippen molar-refractivity contribution >= 4 is 23.5 Å². The Balaban J connectivity index is 1.75. The minimum absolute atomic E-state index is 0.0422. The maximum Gasteiger partial charge on any atom is 0.235 e. The summed E-state index contributed by atoms with van der Waals surface area (Å²) in [7, 11) is 0. The summed E-state index contributed by atoms with van der Waals surface area (Å²) < 4.78 is 1.79. The molecule has 0 atom stereocenters. The molecule has 3 rings (SSSR count). The summed E-state index contributed by atoms with van der Waals surface area (Å²) in [6.07, 6.45) is 0. The second-order valence-corrected chi connectivity index (χ2v) is 7.13. The fourth-order valence-electron chi connectivity index (χ4n) is 2.70. The van der Waals surface area contributed by atoms with Gasteiger partial charge in [-0.25, -0.2) is 4.68 Å². The molecule has 0 aliphatic rings. The predicted octanol–water partition coefficient (Wildman–Crippen LogP) is 4.53. The molecule has 1 aromatic heterocycles. The van der Waals surface area contributed by atoms with E-state index < -0.39 is 0 Å². The number of rotatable bonds is 5. The first kappa shape index (κ1) is 17.3. The summed E-state index contributed by atoms with van der Waals surface area (Å²) in [5.74, 6) is 1.02. The smallest absolute Gasteiger partial charge is 0.235 e. The van der Waals surface area contributed by atoms with E-state index in [1.165, 1.54) is 22.9 Å². The topological polar surface area (TPSA) is 46.9 Å². The number of anilines is 1. The number of carbonyl (C=O) groups is 1. The van der Waals surface area contributed by atoms with E-state index in [4.69, 9.17) is 0 Å².